The number of hydrogen-bond donors (Lipinski definition) is 1. The van der Waals surface area contributed by atoms with Gasteiger partial charge in [0.2, 0.25) is 11.8 Å². The number of carbonyl (C=O) groups is 2. The van der Waals surface area contributed by atoms with E-state index in [1.54, 1.807) is 0 Å². The number of nitrogens with zero attached hydrogens (tertiary/aromatic N) is 3. The third-order valence-electron chi connectivity index (χ3n) is 6.03. The van der Waals surface area contributed by atoms with Crippen molar-refractivity contribution in [3.05, 3.63) is 77.4 Å². The molecule has 1 heterocycles. The Kier molecular flexibility index (Phi) is 8.66. The van der Waals surface area contributed by atoms with Gasteiger partial charge in [0.25, 0.3) is 0 Å². The Labute approximate surface area is 197 Å². The molecule has 1 aliphatic rings. The third-order valence-corrected chi connectivity index (χ3v) is 6.03. The lowest BCUT2D eigenvalue weighted by Gasteiger charge is -2.34. The number of rotatable bonds is 8. The Morgan fingerprint density at radius 3 is 2.09 bits per heavy atom. The van der Waals surface area contributed by atoms with Crippen LogP contribution in [-0.4, -0.2) is 61.9 Å². The number of amides is 2. The maximum atomic E-state index is 12.5. The first-order valence-corrected chi connectivity index (χ1v) is 11.6. The van der Waals surface area contributed by atoms with Gasteiger partial charge in [-0.15, -0.1) is 0 Å². The molecule has 2 aromatic carbocycles. The fourth-order valence-electron chi connectivity index (χ4n) is 3.80. The summed E-state index contributed by atoms with van der Waals surface area (Å²) in [7, 11) is 3.98. The van der Waals surface area contributed by atoms with E-state index in [1.807, 2.05) is 48.2 Å². The maximum Gasteiger partial charge on any atom is 0.246 e. The van der Waals surface area contributed by atoms with Crippen LogP contribution in [0.1, 0.15) is 36.5 Å². The van der Waals surface area contributed by atoms with E-state index in [9.17, 15) is 9.59 Å². The summed E-state index contributed by atoms with van der Waals surface area (Å²) in [5, 5.41) is 2.83. The van der Waals surface area contributed by atoms with Gasteiger partial charge in [0.05, 0.1) is 0 Å². The molecule has 0 radical (unpaired) electrons. The minimum Gasteiger partial charge on any atom is -0.378 e. The van der Waals surface area contributed by atoms with Gasteiger partial charge in [-0.05, 0) is 34.7 Å². The predicted molar refractivity (Wildman–Crippen MR) is 134 cm³/mol. The number of nitrogens with one attached hydrogen (secondary N) is 1. The molecule has 6 heteroatoms. The van der Waals surface area contributed by atoms with Gasteiger partial charge in [0.15, 0.2) is 0 Å². The lowest BCUT2D eigenvalue weighted by atomic mass is 10.0. The van der Waals surface area contributed by atoms with Crippen molar-refractivity contribution < 1.29 is 9.59 Å². The summed E-state index contributed by atoms with van der Waals surface area (Å²) in [6.07, 6.45) is 2.71. The average molecular weight is 449 g/mol. The van der Waals surface area contributed by atoms with Gasteiger partial charge < -0.3 is 15.1 Å². The van der Waals surface area contributed by atoms with Crippen LogP contribution in [0.2, 0.25) is 0 Å². The summed E-state index contributed by atoms with van der Waals surface area (Å²) in [6.45, 7) is 8.75. The highest BCUT2D eigenvalue weighted by molar-refractivity contribution is 5.96. The predicted octanol–water partition coefficient (Wildman–Crippen LogP) is 3.39. The van der Waals surface area contributed by atoms with Gasteiger partial charge >= 0.3 is 0 Å². The summed E-state index contributed by atoms with van der Waals surface area (Å²) < 4.78 is 0. The summed E-state index contributed by atoms with van der Waals surface area (Å²) in [6, 6.07) is 16.8. The molecular formula is C27H36N4O2. The van der Waals surface area contributed by atoms with E-state index < -0.39 is 0 Å². The zero-order valence-electron chi connectivity index (χ0n) is 20.3. The molecule has 1 N–H and O–H groups in total. The molecule has 2 aromatic rings. The van der Waals surface area contributed by atoms with Crippen LogP contribution in [-0.2, 0) is 22.7 Å². The topological polar surface area (TPSA) is 55.9 Å². The summed E-state index contributed by atoms with van der Waals surface area (Å²) in [5.74, 6) is 0.170. The van der Waals surface area contributed by atoms with Crippen molar-refractivity contribution in [3.8, 4) is 0 Å². The molecule has 0 spiro atoms. The van der Waals surface area contributed by atoms with Crippen LogP contribution in [0.5, 0.6) is 0 Å². The monoisotopic (exact) mass is 448 g/mol. The fraction of sp³-hybridized carbons (Fsp3) is 0.407. The summed E-state index contributed by atoms with van der Waals surface area (Å²) in [4.78, 5) is 30.8. The maximum absolute atomic E-state index is 12.5. The fourth-order valence-corrected chi connectivity index (χ4v) is 3.80. The number of hydrogen-bond acceptors (Lipinski definition) is 4. The molecule has 176 valence electrons. The van der Waals surface area contributed by atoms with Gasteiger partial charge in [-0.25, -0.2) is 0 Å². The number of carbonyl (C=O) groups excluding carboxylic acids is 2. The molecule has 1 saturated heterocycles. The van der Waals surface area contributed by atoms with E-state index in [2.05, 4.69) is 48.3 Å². The van der Waals surface area contributed by atoms with Gasteiger partial charge in [0, 0.05) is 71.2 Å². The van der Waals surface area contributed by atoms with E-state index in [0.29, 0.717) is 25.6 Å². The van der Waals surface area contributed by atoms with Crippen LogP contribution in [0.25, 0.3) is 0 Å². The van der Waals surface area contributed by atoms with E-state index in [0.717, 1.165) is 30.9 Å². The highest BCUT2D eigenvalue weighted by Gasteiger charge is 2.19. The molecule has 33 heavy (non-hydrogen) atoms. The van der Waals surface area contributed by atoms with Gasteiger partial charge in [-0.2, -0.15) is 0 Å². The quantitative estimate of drug-likeness (QED) is 0.629. The van der Waals surface area contributed by atoms with Crippen LogP contribution < -0.4 is 10.2 Å². The number of piperazine rings is 1. The molecule has 1 aliphatic heterocycles. The highest BCUT2D eigenvalue weighted by Crippen LogP contribution is 2.16. The van der Waals surface area contributed by atoms with E-state index in [-0.39, 0.29) is 11.8 Å². The lowest BCUT2D eigenvalue weighted by Crippen LogP contribution is -2.47. The van der Waals surface area contributed by atoms with Crippen LogP contribution in [0, 0.1) is 0 Å². The van der Waals surface area contributed by atoms with E-state index >= 15 is 0 Å². The molecule has 1 fully saturated rings. The second-order valence-corrected chi connectivity index (χ2v) is 9.11. The summed E-state index contributed by atoms with van der Waals surface area (Å²) in [5.41, 5.74) is 4.78. The van der Waals surface area contributed by atoms with Gasteiger partial charge in [0.1, 0.15) is 0 Å². The van der Waals surface area contributed by atoms with Crippen molar-refractivity contribution in [1.29, 1.82) is 0 Å². The second-order valence-electron chi connectivity index (χ2n) is 9.11. The largest absolute Gasteiger partial charge is 0.378 e. The van der Waals surface area contributed by atoms with E-state index in [1.165, 1.54) is 23.3 Å². The smallest absolute Gasteiger partial charge is 0.246 e. The molecule has 0 aliphatic carbocycles. The molecule has 0 saturated carbocycles. The van der Waals surface area contributed by atoms with Crippen molar-refractivity contribution in [2.45, 2.75) is 32.9 Å². The Balaban J connectivity index is 1.39. The summed E-state index contributed by atoms with van der Waals surface area (Å²) >= 11 is 0. The molecule has 0 aromatic heterocycles. The first-order chi connectivity index (χ1) is 15.8. The van der Waals surface area contributed by atoms with Crippen molar-refractivity contribution in [3.63, 3.8) is 0 Å². The Morgan fingerprint density at radius 2 is 1.52 bits per heavy atom. The molecule has 0 unspecified atom stereocenters. The number of anilines is 1. The van der Waals surface area contributed by atoms with Crippen molar-refractivity contribution in [2.24, 2.45) is 0 Å². The zero-order chi connectivity index (χ0) is 23.8. The SMILES string of the molecule is CC(C)c1ccc(CN2CCN(C(=O)/C=C/C(=O)NCc3ccc(N(C)C)cc3)CC2)cc1. The molecule has 0 bridgehead atoms. The number of benzene rings is 2. The van der Waals surface area contributed by atoms with Crippen LogP contribution >= 0.6 is 0 Å². The van der Waals surface area contributed by atoms with E-state index in [4.69, 9.17) is 0 Å². The van der Waals surface area contributed by atoms with Crippen LogP contribution in [0.4, 0.5) is 5.69 Å². The second kappa shape index (κ2) is 11.7. The minimum absolute atomic E-state index is 0.110. The molecule has 0 atom stereocenters. The van der Waals surface area contributed by atoms with Gasteiger partial charge in [-0.3, -0.25) is 14.5 Å². The Morgan fingerprint density at radius 1 is 0.909 bits per heavy atom. The first kappa shape index (κ1) is 24.5. The zero-order valence-corrected chi connectivity index (χ0v) is 20.3. The van der Waals surface area contributed by atoms with Crippen molar-refractivity contribution >= 4 is 17.5 Å². The van der Waals surface area contributed by atoms with Crippen molar-refractivity contribution in [2.75, 3.05) is 45.2 Å². The average Bonchev–Trinajstić information content (AvgIpc) is 2.82. The molecule has 6 nitrogen and oxygen atoms in total. The standard InChI is InChI=1S/C27H36N4O2/c1-21(2)24-9-5-23(6-10-24)20-30-15-17-31(18-16-30)27(33)14-13-26(32)28-19-22-7-11-25(12-8-22)29(3)4/h5-14,21H,15-20H2,1-4H3,(H,28,32)/b14-13+. The van der Waals surface area contributed by atoms with Gasteiger partial charge in [-0.1, -0.05) is 50.2 Å². The van der Waals surface area contributed by atoms with Crippen LogP contribution in [0.3, 0.4) is 0 Å². The molecule has 3 rings (SSSR count). The Hall–Kier alpha value is -3.12. The minimum atomic E-state index is -0.261. The van der Waals surface area contributed by atoms with Crippen molar-refractivity contribution in [1.82, 2.24) is 15.1 Å². The lowest BCUT2D eigenvalue weighted by molar-refractivity contribution is -0.128. The first-order valence-electron chi connectivity index (χ1n) is 11.6. The van der Waals surface area contributed by atoms with Crippen LogP contribution in [0.15, 0.2) is 60.7 Å². The highest BCUT2D eigenvalue weighted by atomic mass is 16.2. The third kappa shape index (κ3) is 7.46. The Bertz CT molecular complexity index is 941. The molecule has 2 amide bonds. The normalized spacial score (nSPS) is 14.6. The molecular weight excluding hydrogens is 412 g/mol.